The Balaban J connectivity index is 1.37. The number of ether oxygens (including phenoxy) is 1. The Bertz CT molecular complexity index is 1010. The minimum atomic E-state index is -0.882. The molecule has 1 unspecified atom stereocenters. The number of imidazole rings is 1. The number of aromatic amines is 1. The van der Waals surface area contributed by atoms with Crippen LogP contribution in [0.4, 0.5) is 0 Å². The lowest BCUT2D eigenvalue weighted by Gasteiger charge is -2.66. The molecule has 41 heavy (non-hydrogen) atoms. The Morgan fingerprint density at radius 1 is 1.15 bits per heavy atom. The number of nitrogens with zero attached hydrogens (tertiary/aromatic N) is 1. The van der Waals surface area contributed by atoms with Gasteiger partial charge in [0.25, 0.3) is 0 Å². The monoisotopic (exact) mass is 569 g/mol. The number of carbonyl (C=O) groups is 1. The van der Waals surface area contributed by atoms with Gasteiger partial charge in [-0.05, 0) is 85.9 Å². The summed E-state index contributed by atoms with van der Waals surface area (Å²) in [5.41, 5.74) is 0.413. The highest BCUT2D eigenvalue weighted by Gasteiger charge is 2.67. The number of aliphatic hydroxyl groups is 1. The second-order valence-electron chi connectivity index (χ2n) is 15.5. The van der Waals surface area contributed by atoms with Gasteiger partial charge in [0.1, 0.15) is 6.10 Å². The summed E-state index contributed by atoms with van der Waals surface area (Å²) in [6.07, 6.45) is 17.4. The van der Waals surface area contributed by atoms with Crippen LogP contribution in [0, 0.1) is 46.3 Å². The lowest BCUT2D eigenvalue weighted by molar-refractivity contribution is -0.237. The van der Waals surface area contributed by atoms with Gasteiger partial charge in [0.2, 0.25) is 0 Å². The summed E-state index contributed by atoms with van der Waals surface area (Å²) in [5, 5.41) is 16.6. The van der Waals surface area contributed by atoms with E-state index in [9.17, 15) is 9.90 Å². The average Bonchev–Trinajstić information content (AvgIpc) is 3.57. The highest BCUT2D eigenvalue weighted by molar-refractivity contribution is 5.69. The van der Waals surface area contributed by atoms with Crippen LogP contribution in [0.15, 0.2) is 12.5 Å². The van der Waals surface area contributed by atoms with E-state index in [1.807, 2.05) is 13.1 Å². The van der Waals surface area contributed by atoms with Crippen LogP contribution in [-0.4, -0.2) is 45.3 Å². The largest absolute Gasteiger partial charge is 0.462 e. The van der Waals surface area contributed by atoms with Crippen molar-refractivity contribution in [2.75, 3.05) is 6.54 Å². The minimum Gasteiger partial charge on any atom is -0.462 e. The zero-order valence-corrected chi connectivity index (χ0v) is 26.9. The van der Waals surface area contributed by atoms with Crippen LogP contribution in [0.3, 0.4) is 0 Å². The zero-order valence-electron chi connectivity index (χ0n) is 26.9. The molecule has 0 spiro atoms. The summed E-state index contributed by atoms with van der Waals surface area (Å²) in [6, 6.07) is 0.000635. The van der Waals surface area contributed by atoms with Crippen LogP contribution in [0.1, 0.15) is 124 Å². The molecule has 10 atom stereocenters. The quantitative estimate of drug-likeness (QED) is 0.248. The maximum atomic E-state index is 12.8. The number of aromatic nitrogens is 2. The first-order chi connectivity index (χ1) is 19.5. The van der Waals surface area contributed by atoms with Crippen LogP contribution in [-0.2, 0) is 16.0 Å². The highest BCUT2D eigenvalue weighted by atomic mass is 16.5. The number of carbonyl (C=O) groups excluding carboxylic acids is 1. The number of hydrogen-bond donors (Lipinski definition) is 3. The van der Waals surface area contributed by atoms with Gasteiger partial charge in [-0.1, -0.05) is 60.8 Å². The van der Waals surface area contributed by atoms with E-state index in [1.165, 1.54) is 44.9 Å². The molecule has 0 saturated heterocycles. The fraction of sp³-hybridized carbons (Fsp3) is 0.886. The van der Waals surface area contributed by atoms with Crippen LogP contribution in [0.2, 0.25) is 0 Å². The Morgan fingerprint density at radius 2 is 1.95 bits per heavy atom. The van der Waals surface area contributed by atoms with Crippen LogP contribution in [0.25, 0.3) is 0 Å². The van der Waals surface area contributed by atoms with Crippen molar-refractivity contribution in [1.82, 2.24) is 15.3 Å². The molecule has 232 valence electrons. The predicted octanol–water partition coefficient (Wildman–Crippen LogP) is 7.08. The van der Waals surface area contributed by atoms with Crippen LogP contribution < -0.4 is 5.32 Å². The van der Waals surface area contributed by atoms with Crippen LogP contribution in [0.5, 0.6) is 0 Å². The molecule has 3 N–H and O–H groups in total. The molecule has 1 aromatic heterocycles. The van der Waals surface area contributed by atoms with Gasteiger partial charge in [-0.25, -0.2) is 4.98 Å². The van der Waals surface area contributed by atoms with E-state index in [0.29, 0.717) is 30.1 Å². The second kappa shape index (κ2) is 12.3. The van der Waals surface area contributed by atoms with Crippen molar-refractivity contribution in [2.24, 2.45) is 46.3 Å². The van der Waals surface area contributed by atoms with Gasteiger partial charge < -0.3 is 20.1 Å². The third-order valence-corrected chi connectivity index (χ3v) is 13.0. The molecule has 0 aromatic carbocycles. The molecule has 4 fully saturated rings. The van der Waals surface area contributed by atoms with Gasteiger partial charge in [-0.15, -0.1) is 0 Å². The molecule has 6 heteroatoms. The van der Waals surface area contributed by atoms with E-state index in [2.05, 4.69) is 49.9 Å². The standard InChI is InChI=1S/C35H59N3O3/c1-7-32(39)41-26-13-17-34(6)30-14-16-33(5)28(24(4)10-8-9-23(2)3)11-12-29(33)27(30)19-31(35(34,40)20-26)37-18-15-25-21-36-22-38-25/h21-24,26-31,37,40H,7-20H2,1-6H3,(H,36,38)/t24-,26+,27+,28-,29+,30+,31?,33-,34-,35+/m1/s1. The second-order valence-corrected chi connectivity index (χ2v) is 15.5. The summed E-state index contributed by atoms with van der Waals surface area (Å²) < 4.78 is 5.88. The van der Waals surface area contributed by atoms with Gasteiger partial charge in [0.15, 0.2) is 0 Å². The number of nitrogens with one attached hydrogen (secondary N) is 2. The fourth-order valence-corrected chi connectivity index (χ4v) is 10.7. The summed E-state index contributed by atoms with van der Waals surface area (Å²) in [6.45, 7) is 14.9. The Labute approximate surface area is 249 Å². The lowest BCUT2D eigenvalue weighted by Crippen LogP contribution is -2.71. The van der Waals surface area contributed by atoms with E-state index in [1.54, 1.807) is 6.33 Å². The minimum absolute atomic E-state index is 0.000635. The SMILES string of the molecule is CCC(=O)O[C@H]1CC[C@]2(C)[C@H]3CC[C@]4(C)[C@@H]([C@H](C)CCCC(C)C)CC[C@H]4[C@@H]3CC(NCCc3c[nH]cn3)[C@@]2(O)C1. The number of fused-ring (bicyclic) bond motifs is 5. The first kappa shape index (κ1) is 31.0. The molecule has 5 rings (SSSR count). The van der Waals surface area contributed by atoms with E-state index in [-0.39, 0.29) is 23.5 Å². The van der Waals surface area contributed by atoms with Crippen molar-refractivity contribution in [3.05, 3.63) is 18.2 Å². The topological polar surface area (TPSA) is 87.2 Å². The van der Waals surface area contributed by atoms with Gasteiger partial charge in [0, 0.05) is 43.5 Å². The molecule has 4 aliphatic carbocycles. The van der Waals surface area contributed by atoms with Crippen LogP contribution >= 0.6 is 0 Å². The summed E-state index contributed by atoms with van der Waals surface area (Å²) in [7, 11) is 0. The first-order valence-corrected chi connectivity index (χ1v) is 17.1. The molecular formula is C35H59N3O3. The van der Waals surface area contributed by atoms with E-state index < -0.39 is 5.60 Å². The third-order valence-electron chi connectivity index (χ3n) is 13.0. The normalized spacial score (nSPS) is 41.0. The summed E-state index contributed by atoms with van der Waals surface area (Å²) >= 11 is 0. The predicted molar refractivity (Wildman–Crippen MR) is 164 cm³/mol. The average molecular weight is 570 g/mol. The Kier molecular flexibility index (Phi) is 9.31. The third kappa shape index (κ3) is 5.78. The number of rotatable bonds is 11. The van der Waals surface area contributed by atoms with Crippen molar-refractivity contribution >= 4 is 5.97 Å². The fourth-order valence-electron chi connectivity index (χ4n) is 10.7. The molecule has 4 saturated carbocycles. The van der Waals surface area contributed by atoms with Gasteiger partial charge in [-0.3, -0.25) is 4.79 Å². The molecule has 0 bridgehead atoms. The molecule has 0 radical (unpaired) electrons. The Hall–Kier alpha value is -1.40. The van der Waals surface area contributed by atoms with Crippen molar-refractivity contribution in [3.63, 3.8) is 0 Å². The Morgan fingerprint density at radius 3 is 2.66 bits per heavy atom. The number of H-pyrrole nitrogens is 1. The molecule has 1 heterocycles. The van der Waals surface area contributed by atoms with E-state index >= 15 is 0 Å². The highest BCUT2D eigenvalue weighted by Crippen LogP contribution is 2.69. The van der Waals surface area contributed by atoms with Crippen molar-refractivity contribution in [2.45, 2.75) is 143 Å². The van der Waals surface area contributed by atoms with Gasteiger partial charge in [0.05, 0.1) is 17.6 Å². The molecule has 1 aromatic rings. The molecule has 0 amide bonds. The van der Waals surface area contributed by atoms with Gasteiger partial charge >= 0.3 is 5.97 Å². The van der Waals surface area contributed by atoms with Crippen molar-refractivity contribution in [1.29, 1.82) is 0 Å². The first-order valence-electron chi connectivity index (χ1n) is 17.1. The molecule has 6 nitrogen and oxygen atoms in total. The number of esters is 1. The maximum absolute atomic E-state index is 12.8. The van der Waals surface area contributed by atoms with Crippen molar-refractivity contribution in [3.8, 4) is 0 Å². The van der Waals surface area contributed by atoms with E-state index in [0.717, 1.165) is 61.6 Å². The van der Waals surface area contributed by atoms with Crippen molar-refractivity contribution < 1.29 is 14.6 Å². The summed E-state index contributed by atoms with van der Waals surface area (Å²) in [5.74, 6) is 4.19. The lowest BCUT2D eigenvalue weighted by atomic mass is 9.42. The molecular weight excluding hydrogens is 510 g/mol. The number of hydrogen-bond acceptors (Lipinski definition) is 5. The van der Waals surface area contributed by atoms with E-state index in [4.69, 9.17) is 4.74 Å². The van der Waals surface area contributed by atoms with Gasteiger partial charge in [-0.2, -0.15) is 0 Å². The maximum Gasteiger partial charge on any atom is 0.305 e. The molecule has 0 aliphatic heterocycles. The summed E-state index contributed by atoms with van der Waals surface area (Å²) in [4.78, 5) is 19.7. The molecule has 4 aliphatic rings. The smallest absolute Gasteiger partial charge is 0.305 e. The zero-order chi connectivity index (χ0) is 29.4.